The van der Waals surface area contributed by atoms with E-state index in [0.717, 1.165) is 10.9 Å². The van der Waals surface area contributed by atoms with Gasteiger partial charge in [-0.3, -0.25) is 10.4 Å². The molecular weight excluding hydrogens is 412 g/mol. The van der Waals surface area contributed by atoms with Crippen LogP contribution in [0.25, 0.3) is 10.9 Å². The van der Waals surface area contributed by atoms with Gasteiger partial charge < -0.3 is 25.2 Å². The first-order valence-electron chi connectivity index (χ1n) is 10.5. The molecule has 1 aliphatic heterocycles. The molecule has 1 aliphatic rings. The smallest absolute Gasteiger partial charge is 0.320 e. The summed E-state index contributed by atoms with van der Waals surface area (Å²) in [6.45, 7) is 5.59. The average Bonchev–Trinajstić information content (AvgIpc) is 3.21. The van der Waals surface area contributed by atoms with Gasteiger partial charge in [-0.2, -0.15) is 5.10 Å². The topological polar surface area (TPSA) is 136 Å². The Kier molecular flexibility index (Phi) is 6.26. The second kappa shape index (κ2) is 9.11. The summed E-state index contributed by atoms with van der Waals surface area (Å²) >= 11 is 0. The number of nitrogens with one attached hydrogen (secondary N) is 3. The van der Waals surface area contributed by atoms with Crippen molar-refractivity contribution in [2.45, 2.75) is 32.1 Å². The number of carbonyl (C=O) groups excluding carboxylic acids is 1. The monoisotopic (exact) mass is 440 g/mol. The van der Waals surface area contributed by atoms with Crippen molar-refractivity contribution >= 4 is 28.6 Å². The standard InChI is InChI=1S/C22H28N6O4/c1-22(2,31)19(14-6-4-3-5-7-14)25-21(30)24-17-12-15-18(16(13-29)23-17)20(27-26-15)28-8-10-32-11-9-28/h3-7,12,19,29,31H,8-11,13H2,1-2H3,(H,26,27)(H2,23,24,25,30)/t19-/m0/s1. The summed E-state index contributed by atoms with van der Waals surface area (Å²) in [5, 5.41) is 34.1. The number of aliphatic hydroxyl groups excluding tert-OH is 1. The van der Waals surface area contributed by atoms with Gasteiger partial charge in [0.05, 0.1) is 48.1 Å². The van der Waals surface area contributed by atoms with Crippen LogP contribution in [0.15, 0.2) is 36.4 Å². The third-order valence-corrected chi connectivity index (χ3v) is 5.42. The van der Waals surface area contributed by atoms with Crippen molar-refractivity contribution in [2.75, 3.05) is 36.5 Å². The van der Waals surface area contributed by atoms with Crippen LogP contribution >= 0.6 is 0 Å². The molecule has 0 unspecified atom stereocenters. The molecule has 2 aromatic heterocycles. The van der Waals surface area contributed by atoms with E-state index in [-0.39, 0.29) is 12.4 Å². The van der Waals surface area contributed by atoms with Crippen molar-refractivity contribution in [3.63, 3.8) is 0 Å². The fraction of sp³-hybridized carbons (Fsp3) is 0.409. The van der Waals surface area contributed by atoms with E-state index >= 15 is 0 Å². The third kappa shape index (κ3) is 4.67. The van der Waals surface area contributed by atoms with Gasteiger partial charge in [-0.05, 0) is 19.4 Å². The number of hydrogen-bond donors (Lipinski definition) is 5. The van der Waals surface area contributed by atoms with E-state index in [2.05, 4.69) is 30.7 Å². The van der Waals surface area contributed by atoms with E-state index in [0.29, 0.717) is 43.3 Å². The summed E-state index contributed by atoms with van der Waals surface area (Å²) in [4.78, 5) is 19.3. The Morgan fingerprint density at radius 1 is 1.28 bits per heavy atom. The number of hydrogen-bond acceptors (Lipinski definition) is 7. The minimum absolute atomic E-state index is 0.263. The number of fused-ring (bicyclic) bond motifs is 1. The number of morpholine rings is 1. The van der Waals surface area contributed by atoms with E-state index in [4.69, 9.17) is 4.74 Å². The number of carbonyl (C=O) groups is 1. The molecule has 1 fully saturated rings. The molecule has 0 radical (unpaired) electrons. The van der Waals surface area contributed by atoms with Gasteiger partial charge in [0.25, 0.3) is 0 Å². The van der Waals surface area contributed by atoms with Crippen molar-refractivity contribution in [3.05, 3.63) is 47.7 Å². The number of anilines is 2. The predicted octanol–water partition coefficient (Wildman–Crippen LogP) is 1.92. The Morgan fingerprint density at radius 2 is 2.00 bits per heavy atom. The summed E-state index contributed by atoms with van der Waals surface area (Å²) < 4.78 is 5.40. The van der Waals surface area contributed by atoms with Gasteiger partial charge in [0.15, 0.2) is 5.82 Å². The van der Waals surface area contributed by atoms with E-state index in [1.54, 1.807) is 19.9 Å². The highest BCUT2D eigenvalue weighted by Gasteiger charge is 2.30. The molecule has 3 heterocycles. The molecule has 10 nitrogen and oxygen atoms in total. The Morgan fingerprint density at radius 3 is 2.66 bits per heavy atom. The molecule has 2 amide bonds. The molecule has 5 N–H and O–H groups in total. The van der Waals surface area contributed by atoms with Gasteiger partial charge in [-0.1, -0.05) is 30.3 Å². The van der Waals surface area contributed by atoms with E-state index in [9.17, 15) is 15.0 Å². The maximum Gasteiger partial charge on any atom is 0.320 e. The summed E-state index contributed by atoms with van der Waals surface area (Å²) in [6.07, 6.45) is 0. The number of rotatable bonds is 6. The second-order valence-corrected chi connectivity index (χ2v) is 8.28. The Hall–Kier alpha value is -3.21. The first kappa shape index (κ1) is 22.0. The molecule has 170 valence electrons. The molecule has 0 saturated carbocycles. The van der Waals surface area contributed by atoms with Gasteiger partial charge in [-0.15, -0.1) is 0 Å². The quantitative estimate of drug-likeness (QED) is 0.395. The number of urea groups is 1. The molecule has 32 heavy (non-hydrogen) atoms. The van der Waals surface area contributed by atoms with Crippen LogP contribution < -0.4 is 15.5 Å². The van der Waals surface area contributed by atoms with Crippen LogP contribution in [-0.4, -0.2) is 63.3 Å². The van der Waals surface area contributed by atoms with Crippen LogP contribution in [0.2, 0.25) is 0 Å². The number of ether oxygens (including phenoxy) is 1. The van der Waals surface area contributed by atoms with Crippen LogP contribution in [0.1, 0.15) is 31.1 Å². The lowest BCUT2D eigenvalue weighted by atomic mass is 9.92. The lowest BCUT2D eigenvalue weighted by Crippen LogP contribution is -2.44. The maximum absolute atomic E-state index is 12.7. The lowest BCUT2D eigenvalue weighted by molar-refractivity contribution is 0.0415. The number of amides is 2. The predicted molar refractivity (Wildman–Crippen MR) is 120 cm³/mol. The molecule has 0 bridgehead atoms. The van der Waals surface area contributed by atoms with Crippen LogP contribution in [0, 0.1) is 0 Å². The lowest BCUT2D eigenvalue weighted by Gasteiger charge is -2.30. The third-order valence-electron chi connectivity index (χ3n) is 5.42. The zero-order valence-electron chi connectivity index (χ0n) is 18.1. The first-order valence-corrected chi connectivity index (χ1v) is 10.5. The highest BCUT2D eigenvalue weighted by molar-refractivity contribution is 5.96. The molecule has 0 aliphatic carbocycles. The van der Waals surface area contributed by atoms with Crippen molar-refractivity contribution in [3.8, 4) is 0 Å². The minimum atomic E-state index is -1.19. The van der Waals surface area contributed by atoms with Crippen molar-refractivity contribution in [1.82, 2.24) is 20.5 Å². The summed E-state index contributed by atoms with van der Waals surface area (Å²) in [7, 11) is 0. The highest BCUT2D eigenvalue weighted by atomic mass is 16.5. The van der Waals surface area contributed by atoms with Gasteiger partial charge >= 0.3 is 6.03 Å². The van der Waals surface area contributed by atoms with E-state index in [1.807, 2.05) is 30.3 Å². The molecule has 1 atom stereocenters. The number of benzene rings is 1. The highest BCUT2D eigenvalue weighted by Crippen LogP contribution is 2.30. The average molecular weight is 441 g/mol. The molecule has 3 aromatic rings. The molecular formula is C22H28N6O4. The van der Waals surface area contributed by atoms with Crippen LogP contribution in [-0.2, 0) is 11.3 Å². The fourth-order valence-corrected chi connectivity index (χ4v) is 3.88. The zero-order valence-corrected chi connectivity index (χ0v) is 18.1. The first-order chi connectivity index (χ1) is 15.4. The van der Waals surface area contributed by atoms with E-state index < -0.39 is 17.7 Å². The van der Waals surface area contributed by atoms with Crippen LogP contribution in [0.4, 0.5) is 16.4 Å². The number of aliphatic hydroxyl groups is 2. The number of H-pyrrole nitrogens is 1. The number of aromatic amines is 1. The molecule has 1 saturated heterocycles. The number of aromatic nitrogens is 3. The fourth-order valence-electron chi connectivity index (χ4n) is 3.88. The molecule has 4 rings (SSSR count). The Bertz CT molecular complexity index is 1070. The minimum Gasteiger partial charge on any atom is -0.390 e. The SMILES string of the molecule is CC(C)(O)[C@@H](NC(=O)Nc1cc2[nH]nc(N3CCOCC3)c2c(CO)n1)c1ccccc1. The Labute approximate surface area is 185 Å². The van der Waals surface area contributed by atoms with Crippen LogP contribution in [0.3, 0.4) is 0 Å². The van der Waals surface area contributed by atoms with Crippen LogP contribution in [0.5, 0.6) is 0 Å². The normalized spacial score (nSPS) is 15.6. The van der Waals surface area contributed by atoms with Gasteiger partial charge in [0, 0.05) is 19.2 Å². The van der Waals surface area contributed by atoms with Crippen molar-refractivity contribution in [2.24, 2.45) is 0 Å². The zero-order chi connectivity index (χ0) is 22.7. The molecule has 1 aromatic carbocycles. The summed E-state index contributed by atoms with van der Waals surface area (Å²) in [6, 6.07) is 9.77. The van der Waals surface area contributed by atoms with Crippen molar-refractivity contribution in [1.29, 1.82) is 0 Å². The van der Waals surface area contributed by atoms with Gasteiger partial charge in [0.2, 0.25) is 0 Å². The van der Waals surface area contributed by atoms with Crippen molar-refractivity contribution < 1.29 is 19.7 Å². The summed E-state index contributed by atoms with van der Waals surface area (Å²) in [5.74, 6) is 0.973. The number of pyridine rings is 1. The number of nitrogens with zero attached hydrogens (tertiary/aromatic N) is 3. The second-order valence-electron chi connectivity index (χ2n) is 8.28. The van der Waals surface area contributed by atoms with Gasteiger partial charge in [-0.25, -0.2) is 9.78 Å². The summed E-state index contributed by atoms with van der Waals surface area (Å²) in [5.41, 5.74) is 0.652. The largest absolute Gasteiger partial charge is 0.390 e. The molecule has 0 spiro atoms. The maximum atomic E-state index is 12.7. The Balaban J connectivity index is 1.56. The van der Waals surface area contributed by atoms with E-state index in [1.165, 1.54) is 0 Å². The molecule has 10 heteroatoms. The van der Waals surface area contributed by atoms with Gasteiger partial charge in [0.1, 0.15) is 5.82 Å².